The molecule has 0 spiro atoms. The van der Waals surface area contributed by atoms with E-state index < -0.39 is 5.97 Å². The minimum atomic E-state index is -0.834. The third-order valence-electron chi connectivity index (χ3n) is 2.59. The lowest BCUT2D eigenvalue weighted by Crippen LogP contribution is -2.10. The summed E-state index contributed by atoms with van der Waals surface area (Å²) in [6.45, 7) is 0. The van der Waals surface area contributed by atoms with Crippen molar-refractivity contribution in [1.29, 1.82) is 0 Å². The van der Waals surface area contributed by atoms with Crippen LogP contribution >= 0.6 is 0 Å². The fourth-order valence-corrected chi connectivity index (χ4v) is 1.72. The van der Waals surface area contributed by atoms with E-state index in [1.165, 1.54) is 0 Å². The van der Waals surface area contributed by atoms with Gasteiger partial charge in [-0.25, -0.2) is 0 Å². The minimum absolute atomic E-state index is 0.0769. The predicted octanol–water partition coefficient (Wildman–Crippen LogP) is 1.75. The van der Waals surface area contributed by atoms with Crippen LogP contribution in [0.5, 0.6) is 5.75 Å². The van der Waals surface area contributed by atoms with Crippen molar-refractivity contribution in [3.05, 3.63) is 29.8 Å². The van der Waals surface area contributed by atoms with Gasteiger partial charge >= 0.3 is 5.97 Å². The van der Waals surface area contributed by atoms with Crippen LogP contribution in [0, 0.1) is 0 Å². The minimum Gasteiger partial charge on any atom is -0.508 e. The number of hydrogen-bond donors (Lipinski definition) is 2. The number of phenolic OH excluding ortho intramolecular Hbond substituents is 1. The molecule has 17 heavy (non-hydrogen) atoms. The Morgan fingerprint density at radius 1 is 1.53 bits per heavy atom. The van der Waals surface area contributed by atoms with Crippen LogP contribution in [0.4, 0.5) is 0 Å². The molecule has 0 fully saturated rings. The van der Waals surface area contributed by atoms with Crippen molar-refractivity contribution in [2.24, 2.45) is 5.16 Å². The second-order valence-corrected chi connectivity index (χ2v) is 3.95. The van der Waals surface area contributed by atoms with Crippen molar-refractivity contribution in [3.8, 4) is 5.75 Å². The summed E-state index contributed by atoms with van der Waals surface area (Å²) in [6.07, 6.45) is 0.925. The topological polar surface area (TPSA) is 79.1 Å². The van der Waals surface area contributed by atoms with Gasteiger partial charge in [-0.3, -0.25) is 4.79 Å². The summed E-state index contributed by atoms with van der Waals surface area (Å²) in [5, 5.41) is 21.8. The number of carboxylic acid groups (broad SMARTS) is 1. The molecule has 0 bridgehead atoms. The zero-order valence-electron chi connectivity index (χ0n) is 9.17. The van der Waals surface area contributed by atoms with Crippen molar-refractivity contribution in [3.63, 3.8) is 0 Å². The van der Waals surface area contributed by atoms with Gasteiger partial charge in [0.15, 0.2) is 0 Å². The third kappa shape index (κ3) is 2.96. The van der Waals surface area contributed by atoms with E-state index in [9.17, 15) is 9.90 Å². The lowest BCUT2D eigenvalue weighted by Gasteiger charge is -2.05. The first-order chi connectivity index (χ1) is 8.15. The average Bonchev–Trinajstić information content (AvgIpc) is 2.75. The van der Waals surface area contributed by atoms with E-state index in [1.807, 2.05) is 6.07 Å². The van der Waals surface area contributed by atoms with Gasteiger partial charge in [-0.05, 0) is 18.6 Å². The standard InChI is InChI=1S/C12H13NO4/c14-9-3-1-2-8(6-9)11-7-10(17-13-11)4-5-12(15)16/h1-3,6,10,14H,4-5,7H2,(H,15,16). The van der Waals surface area contributed by atoms with Gasteiger partial charge in [0.1, 0.15) is 11.9 Å². The first kappa shape index (κ1) is 11.4. The maximum atomic E-state index is 10.4. The third-order valence-corrected chi connectivity index (χ3v) is 2.59. The monoisotopic (exact) mass is 235 g/mol. The number of oxime groups is 1. The molecule has 2 N–H and O–H groups in total. The van der Waals surface area contributed by atoms with E-state index in [0.29, 0.717) is 12.8 Å². The maximum absolute atomic E-state index is 10.4. The van der Waals surface area contributed by atoms with E-state index in [4.69, 9.17) is 9.94 Å². The van der Waals surface area contributed by atoms with Crippen molar-refractivity contribution in [2.75, 3.05) is 0 Å². The van der Waals surface area contributed by atoms with Crippen LogP contribution in [-0.2, 0) is 9.63 Å². The fourth-order valence-electron chi connectivity index (χ4n) is 1.72. The van der Waals surface area contributed by atoms with E-state index in [1.54, 1.807) is 18.2 Å². The van der Waals surface area contributed by atoms with E-state index in [2.05, 4.69) is 5.16 Å². The lowest BCUT2D eigenvalue weighted by atomic mass is 10.0. The zero-order chi connectivity index (χ0) is 12.3. The number of aromatic hydroxyl groups is 1. The molecular weight excluding hydrogens is 222 g/mol. The highest BCUT2D eigenvalue weighted by Crippen LogP contribution is 2.21. The molecule has 0 aliphatic carbocycles. The van der Waals surface area contributed by atoms with Gasteiger partial charge < -0.3 is 15.1 Å². The van der Waals surface area contributed by atoms with Crippen molar-refractivity contribution < 1.29 is 19.8 Å². The number of benzene rings is 1. The summed E-state index contributed by atoms with van der Waals surface area (Å²) in [5.74, 6) is -0.654. The van der Waals surface area contributed by atoms with Crippen LogP contribution < -0.4 is 0 Å². The van der Waals surface area contributed by atoms with Gasteiger partial charge in [-0.1, -0.05) is 17.3 Å². The molecule has 90 valence electrons. The second-order valence-electron chi connectivity index (χ2n) is 3.95. The van der Waals surface area contributed by atoms with Crippen LogP contribution in [0.15, 0.2) is 29.4 Å². The Labute approximate surface area is 98.3 Å². The van der Waals surface area contributed by atoms with Gasteiger partial charge in [-0.2, -0.15) is 0 Å². The molecule has 0 saturated heterocycles. The highest BCUT2D eigenvalue weighted by atomic mass is 16.6. The predicted molar refractivity (Wildman–Crippen MR) is 61.0 cm³/mol. The first-order valence-corrected chi connectivity index (χ1v) is 5.39. The van der Waals surface area contributed by atoms with Gasteiger partial charge in [-0.15, -0.1) is 0 Å². The molecule has 1 atom stereocenters. The number of nitrogens with zero attached hydrogens (tertiary/aromatic N) is 1. The highest BCUT2D eigenvalue weighted by Gasteiger charge is 2.22. The van der Waals surface area contributed by atoms with Gasteiger partial charge in [0.25, 0.3) is 0 Å². The summed E-state index contributed by atoms with van der Waals surface area (Å²) < 4.78 is 0. The number of phenols is 1. The molecule has 1 aromatic rings. The first-order valence-electron chi connectivity index (χ1n) is 5.39. The molecule has 0 saturated carbocycles. The smallest absolute Gasteiger partial charge is 0.303 e. The summed E-state index contributed by atoms with van der Waals surface area (Å²) in [5.41, 5.74) is 1.55. The van der Waals surface area contributed by atoms with E-state index in [-0.39, 0.29) is 18.3 Å². The fraction of sp³-hybridized carbons (Fsp3) is 0.333. The molecule has 2 rings (SSSR count). The van der Waals surface area contributed by atoms with Crippen LogP contribution in [0.3, 0.4) is 0 Å². The second kappa shape index (κ2) is 4.86. The Hall–Kier alpha value is -2.04. The average molecular weight is 235 g/mol. The van der Waals surface area contributed by atoms with E-state index >= 15 is 0 Å². The van der Waals surface area contributed by atoms with Crippen molar-refractivity contribution in [2.45, 2.75) is 25.4 Å². The highest BCUT2D eigenvalue weighted by molar-refractivity contribution is 6.01. The Morgan fingerprint density at radius 2 is 2.35 bits per heavy atom. The molecule has 1 aliphatic rings. The van der Waals surface area contributed by atoms with Gasteiger partial charge in [0.05, 0.1) is 5.71 Å². The molecule has 5 heteroatoms. The molecule has 1 heterocycles. The normalized spacial score (nSPS) is 18.6. The molecular formula is C12H13NO4. The molecule has 0 radical (unpaired) electrons. The van der Waals surface area contributed by atoms with Crippen LogP contribution in [0.2, 0.25) is 0 Å². The molecule has 1 unspecified atom stereocenters. The SMILES string of the molecule is O=C(O)CCC1CC(c2cccc(O)c2)=NO1. The van der Waals surface area contributed by atoms with Crippen LogP contribution in [-0.4, -0.2) is 28.0 Å². The molecule has 0 aromatic heterocycles. The number of hydrogen-bond acceptors (Lipinski definition) is 4. The Balaban J connectivity index is 1.95. The Bertz CT molecular complexity index is 456. The number of carboxylic acids is 1. The van der Waals surface area contributed by atoms with Gasteiger partial charge in [0.2, 0.25) is 0 Å². The summed E-state index contributed by atoms with van der Waals surface area (Å²) in [6, 6.07) is 6.77. The quantitative estimate of drug-likeness (QED) is 0.833. The van der Waals surface area contributed by atoms with Crippen LogP contribution in [0.1, 0.15) is 24.8 Å². The van der Waals surface area contributed by atoms with Crippen LogP contribution in [0.25, 0.3) is 0 Å². The number of carbonyl (C=O) groups is 1. The summed E-state index contributed by atoms with van der Waals surface area (Å²) >= 11 is 0. The lowest BCUT2D eigenvalue weighted by molar-refractivity contribution is -0.137. The summed E-state index contributed by atoms with van der Waals surface area (Å²) in [7, 11) is 0. The number of rotatable bonds is 4. The zero-order valence-corrected chi connectivity index (χ0v) is 9.17. The molecule has 1 aromatic carbocycles. The maximum Gasteiger partial charge on any atom is 0.303 e. The Morgan fingerprint density at radius 3 is 3.06 bits per heavy atom. The van der Waals surface area contributed by atoms with Crippen molar-refractivity contribution >= 4 is 11.7 Å². The number of aliphatic carboxylic acids is 1. The summed E-state index contributed by atoms with van der Waals surface area (Å²) in [4.78, 5) is 15.6. The molecule has 5 nitrogen and oxygen atoms in total. The molecule has 1 aliphatic heterocycles. The van der Waals surface area contributed by atoms with E-state index in [0.717, 1.165) is 11.3 Å². The largest absolute Gasteiger partial charge is 0.508 e. The molecule has 0 amide bonds. The Kier molecular flexibility index (Phi) is 3.27. The van der Waals surface area contributed by atoms with Crippen molar-refractivity contribution in [1.82, 2.24) is 0 Å². The van der Waals surface area contributed by atoms with Gasteiger partial charge in [0, 0.05) is 18.4 Å².